The molecule has 1 aromatic carbocycles. The molecule has 0 saturated heterocycles. The first-order valence-electron chi connectivity index (χ1n) is 5.18. The average Bonchev–Trinajstić information content (AvgIpc) is 2.38. The Bertz CT molecular complexity index is 623. The molecule has 1 aromatic heterocycles. The molecule has 0 unspecified atom stereocenters. The van der Waals surface area contributed by atoms with Crippen molar-refractivity contribution in [3.63, 3.8) is 0 Å². The van der Waals surface area contributed by atoms with Gasteiger partial charge in [-0.2, -0.15) is 4.98 Å². The standard InChI is InChI=1S/C11H9ClN4O2S/c1-19-8-4-2-3-7(5-8)14-10-9(16(17)18)6-13-11(12)15-10/h2-6H,1H3,(H,13,14,15). The summed E-state index contributed by atoms with van der Waals surface area (Å²) >= 11 is 7.23. The Kier molecular flexibility index (Phi) is 4.18. The highest BCUT2D eigenvalue weighted by molar-refractivity contribution is 7.98. The van der Waals surface area contributed by atoms with Gasteiger partial charge in [0.2, 0.25) is 11.1 Å². The van der Waals surface area contributed by atoms with E-state index in [-0.39, 0.29) is 16.8 Å². The predicted molar refractivity (Wildman–Crippen MR) is 75.2 cm³/mol. The van der Waals surface area contributed by atoms with Crippen LogP contribution < -0.4 is 5.32 Å². The van der Waals surface area contributed by atoms with Crippen LogP contribution >= 0.6 is 23.4 Å². The number of hydrogen-bond acceptors (Lipinski definition) is 6. The fraction of sp³-hybridized carbons (Fsp3) is 0.0909. The Hall–Kier alpha value is -1.86. The molecule has 2 rings (SSSR count). The third-order valence-electron chi connectivity index (χ3n) is 2.27. The number of aromatic nitrogens is 2. The van der Waals surface area contributed by atoms with Gasteiger partial charge in [-0.05, 0) is 36.1 Å². The zero-order valence-electron chi connectivity index (χ0n) is 9.83. The summed E-state index contributed by atoms with van der Waals surface area (Å²) in [6.07, 6.45) is 3.03. The molecule has 6 nitrogen and oxygen atoms in total. The fourth-order valence-corrected chi connectivity index (χ4v) is 2.01. The van der Waals surface area contributed by atoms with Gasteiger partial charge in [-0.3, -0.25) is 10.1 Å². The second kappa shape index (κ2) is 5.85. The molecule has 98 valence electrons. The van der Waals surface area contributed by atoms with Crippen molar-refractivity contribution in [1.82, 2.24) is 9.97 Å². The number of rotatable bonds is 4. The minimum atomic E-state index is -0.558. The Morgan fingerprint density at radius 3 is 2.95 bits per heavy atom. The third-order valence-corrected chi connectivity index (χ3v) is 3.18. The molecular formula is C11H9ClN4O2S. The highest BCUT2D eigenvalue weighted by Gasteiger charge is 2.17. The van der Waals surface area contributed by atoms with Crippen LogP contribution in [0.5, 0.6) is 0 Å². The van der Waals surface area contributed by atoms with E-state index in [4.69, 9.17) is 11.6 Å². The summed E-state index contributed by atoms with van der Waals surface area (Å²) in [4.78, 5) is 18.8. The maximum atomic E-state index is 10.9. The SMILES string of the molecule is CSc1cccc(Nc2nc(Cl)ncc2[N+](=O)[O-])c1. The molecule has 1 N–H and O–H groups in total. The summed E-state index contributed by atoms with van der Waals surface area (Å²) in [5, 5.41) is 13.7. The van der Waals surface area contributed by atoms with Gasteiger partial charge in [-0.15, -0.1) is 11.8 Å². The molecule has 0 amide bonds. The van der Waals surface area contributed by atoms with Gasteiger partial charge in [0.25, 0.3) is 0 Å². The lowest BCUT2D eigenvalue weighted by Gasteiger charge is -2.07. The average molecular weight is 297 g/mol. The van der Waals surface area contributed by atoms with Gasteiger partial charge in [0.05, 0.1) is 4.92 Å². The summed E-state index contributed by atoms with van der Waals surface area (Å²) in [6.45, 7) is 0. The quantitative estimate of drug-likeness (QED) is 0.402. The summed E-state index contributed by atoms with van der Waals surface area (Å²) in [6, 6.07) is 7.45. The van der Waals surface area contributed by atoms with Gasteiger partial charge >= 0.3 is 5.69 Å². The second-order valence-electron chi connectivity index (χ2n) is 3.49. The number of nitro groups is 1. The number of anilines is 2. The van der Waals surface area contributed by atoms with Gasteiger partial charge in [-0.25, -0.2) is 4.98 Å². The van der Waals surface area contributed by atoms with E-state index < -0.39 is 4.92 Å². The van der Waals surface area contributed by atoms with Crippen LogP contribution in [0.25, 0.3) is 0 Å². The van der Waals surface area contributed by atoms with E-state index in [9.17, 15) is 10.1 Å². The van der Waals surface area contributed by atoms with E-state index in [0.29, 0.717) is 5.69 Å². The zero-order chi connectivity index (χ0) is 13.8. The maximum absolute atomic E-state index is 10.9. The van der Waals surface area contributed by atoms with Crippen molar-refractivity contribution >= 4 is 40.6 Å². The molecule has 0 aliphatic rings. The molecule has 19 heavy (non-hydrogen) atoms. The van der Waals surface area contributed by atoms with Gasteiger partial charge in [0, 0.05) is 10.6 Å². The smallest absolute Gasteiger partial charge is 0.329 e. The van der Waals surface area contributed by atoms with E-state index in [1.165, 1.54) is 0 Å². The molecule has 2 aromatic rings. The number of nitrogens with one attached hydrogen (secondary N) is 1. The summed E-state index contributed by atoms with van der Waals surface area (Å²) < 4.78 is 0. The second-order valence-corrected chi connectivity index (χ2v) is 4.70. The lowest BCUT2D eigenvalue weighted by Crippen LogP contribution is -2.01. The normalized spacial score (nSPS) is 10.2. The number of halogens is 1. The van der Waals surface area contributed by atoms with Crippen molar-refractivity contribution in [2.45, 2.75) is 4.90 Å². The first kappa shape index (κ1) is 13.6. The first-order chi connectivity index (χ1) is 9.10. The lowest BCUT2D eigenvalue weighted by atomic mass is 10.3. The third kappa shape index (κ3) is 3.33. The van der Waals surface area contributed by atoms with Crippen molar-refractivity contribution in [2.75, 3.05) is 11.6 Å². The number of benzene rings is 1. The minimum Gasteiger partial charge on any atom is -0.334 e. The molecule has 0 aliphatic heterocycles. The van der Waals surface area contributed by atoms with Gasteiger partial charge in [-0.1, -0.05) is 6.07 Å². The molecule has 8 heteroatoms. The van der Waals surface area contributed by atoms with Crippen molar-refractivity contribution in [3.8, 4) is 0 Å². The number of nitrogens with zero attached hydrogens (tertiary/aromatic N) is 3. The summed E-state index contributed by atoms with van der Waals surface area (Å²) in [7, 11) is 0. The lowest BCUT2D eigenvalue weighted by molar-refractivity contribution is -0.384. The number of hydrogen-bond donors (Lipinski definition) is 1. The Morgan fingerprint density at radius 1 is 1.47 bits per heavy atom. The minimum absolute atomic E-state index is 0.0471. The van der Waals surface area contributed by atoms with E-state index in [2.05, 4.69) is 15.3 Å². The van der Waals surface area contributed by atoms with Gasteiger partial charge in [0.15, 0.2) is 0 Å². The highest BCUT2D eigenvalue weighted by atomic mass is 35.5. The number of thioether (sulfide) groups is 1. The molecular weight excluding hydrogens is 288 g/mol. The molecule has 0 aliphatic carbocycles. The molecule has 0 bridgehead atoms. The van der Waals surface area contributed by atoms with Crippen LogP contribution in [-0.2, 0) is 0 Å². The van der Waals surface area contributed by atoms with E-state index in [0.717, 1.165) is 11.1 Å². The maximum Gasteiger partial charge on any atom is 0.329 e. The first-order valence-corrected chi connectivity index (χ1v) is 6.78. The van der Waals surface area contributed by atoms with Crippen LogP contribution in [0.3, 0.4) is 0 Å². The van der Waals surface area contributed by atoms with Crippen molar-refractivity contribution in [2.24, 2.45) is 0 Å². The van der Waals surface area contributed by atoms with Gasteiger partial charge in [0.1, 0.15) is 6.20 Å². The van der Waals surface area contributed by atoms with E-state index in [1.807, 2.05) is 24.5 Å². The zero-order valence-corrected chi connectivity index (χ0v) is 11.4. The molecule has 0 fully saturated rings. The van der Waals surface area contributed by atoms with Crippen LogP contribution in [0.2, 0.25) is 5.28 Å². The molecule has 0 saturated carbocycles. The predicted octanol–water partition coefficient (Wildman–Crippen LogP) is 3.50. The van der Waals surface area contributed by atoms with Crippen LogP contribution in [-0.4, -0.2) is 21.1 Å². The van der Waals surface area contributed by atoms with Crippen LogP contribution in [0.1, 0.15) is 0 Å². The van der Waals surface area contributed by atoms with Crippen LogP contribution in [0.4, 0.5) is 17.2 Å². The fourth-order valence-electron chi connectivity index (χ4n) is 1.42. The van der Waals surface area contributed by atoms with E-state index in [1.54, 1.807) is 17.8 Å². The molecule has 0 spiro atoms. The van der Waals surface area contributed by atoms with Gasteiger partial charge < -0.3 is 5.32 Å². The van der Waals surface area contributed by atoms with Crippen molar-refractivity contribution in [1.29, 1.82) is 0 Å². The monoisotopic (exact) mass is 296 g/mol. The summed E-state index contributed by atoms with van der Waals surface area (Å²) in [5.74, 6) is 0.0725. The van der Waals surface area contributed by atoms with Crippen LogP contribution in [0, 0.1) is 10.1 Å². The largest absolute Gasteiger partial charge is 0.334 e. The highest BCUT2D eigenvalue weighted by Crippen LogP contribution is 2.27. The molecule has 0 radical (unpaired) electrons. The molecule has 0 atom stereocenters. The Balaban J connectivity index is 2.36. The molecule has 1 heterocycles. The van der Waals surface area contributed by atoms with Crippen LogP contribution in [0.15, 0.2) is 35.4 Å². The topological polar surface area (TPSA) is 81.0 Å². The Morgan fingerprint density at radius 2 is 2.26 bits per heavy atom. The summed E-state index contributed by atoms with van der Waals surface area (Å²) in [5.41, 5.74) is 0.476. The Labute approximate surface area is 118 Å². The van der Waals surface area contributed by atoms with E-state index >= 15 is 0 Å². The van der Waals surface area contributed by atoms with Crippen molar-refractivity contribution < 1.29 is 4.92 Å². The van der Waals surface area contributed by atoms with Crippen molar-refractivity contribution in [3.05, 3.63) is 45.9 Å².